The summed E-state index contributed by atoms with van der Waals surface area (Å²) in [7, 11) is -2.21. The van der Waals surface area contributed by atoms with Crippen molar-refractivity contribution in [2.75, 3.05) is 12.4 Å². The number of hydrogen-bond donors (Lipinski definition) is 3. The van der Waals surface area contributed by atoms with Gasteiger partial charge in [-0.3, -0.25) is 4.79 Å². The molecule has 7 heteroatoms. The van der Waals surface area contributed by atoms with E-state index in [9.17, 15) is 13.2 Å². The van der Waals surface area contributed by atoms with Gasteiger partial charge in [0.1, 0.15) is 6.04 Å². The molecule has 3 N–H and O–H groups in total. The molecular weight excluding hydrogens is 256 g/mol. The van der Waals surface area contributed by atoms with E-state index in [4.69, 9.17) is 5.11 Å². The van der Waals surface area contributed by atoms with Crippen molar-refractivity contribution in [1.29, 1.82) is 0 Å². The normalized spacial score (nSPS) is 13.1. The largest absolute Gasteiger partial charge is 0.480 e. The van der Waals surface area contributed by atoms with Crippen LogP contribution in [0.15, 0.2) is 23.1 Å². The maximum Gasteiger partial charge on any atom is 0.325 e. The molecule has 6 nitrogen and oxygen atoms in total. The summed E-state index contributed by atoms with van der Waals surface area (Å²) in [6, 6.07) is 3.72. The number of aliphatic carboxylic acids is 1. The number of anilines is 1. The summed E-state index contributed by atoms with van der Waals surface area (Å²) in [5.74, 6) is -1.00. The number of rotatable bonds is 5. The Morgan fingerprint density at radius 3 is 2.50 bits per heavy atom. The zero-order chi connectivity index (χ0) is 13.9. The monoisotopic (exact) mass is 272 g/mol. The zero-order valence-corrected chi connectivity index (χ0v) is 11.2. The zero-order valence-electron chi connectivity index (χ0n) is 10.4. The average molecular weight is 272 g/mol. The molecule has 1 unspecified atom stereocenters. The number of sulfonamides is 1. The number of nitrogens with one attached hydrogen (secondary N) is 2. The lowest BCUT2D eigenvalue weighted by molar-refractivity contribution is -0.137. The summed E-state index contributed by atoms with van der Waals surface area (Å²) < 4.78 is 25.5. The molecule has 18 heavy (non-hydrogen) atoms. The molecular formula is C11H16N2O4S. The Labute approximate surface area is 106 Å². The highest BCUT2D eigenvalue weighted by atomic mass is 32.2. The molecule has 1 rings (SSSR count). The predicted octanol–water partition coefficient (Wildman–Crippen LogP) is 0.788. The number of benzene rings is 1. The molecule has 100 valence electrons. The number of hydrogen-bond acceptors (Lipinski definition) is 4. The van der Waals surface area contributed by atoms with Crippen molar-refractivity contribution < 1.29 is 18.3 Å². The van der Waals surface area contributed by atoms with Crippen molar-refractivity contribution in [3.8, 4) is 0 Å². The summed E-state index contributed by atoms with van der Waals surface area (Å²) in [5, 5.41) is 11.6. The Bertz CT molecular complexity index is 554. The fourth-order valence-corrected chi connectivity index (χ4v) is 2.09. The summed E-state index contributed by atoms with van der Waals surface area (Å²) in [6.45, 7) is 3.26. The molecule has 0 bridgehead atoms. The first-order valence-corrected chi connectivity index (χ1v) is 6.80. The Morgan fingerprint density at radius 2 is 2.00 bits per heavy atom. The van der Waals surface area contributed by atoms with Crippen LogP contribution in [0.5, 0.6) is 0 Å². The molecule has 0 aliphatic heterocycles. The van der Waals surface area contributed by atoms with E-state index in [1.165, 1.54) is 26.1 Å². The Morgan fingerprint density at radius 1 is 1.39 bits per heavy atom. The van der Waals surface area contributed by atoms with Crippen LogP contribution in [-0.2, 0) is 14.8 Å². The van der Waals surface area contributed by atoms with Crippen molar-refractivity contribution in [1.82, 2.24) is 4.72 Å². The molecule has 0 aliphatic rings. The van der Waals surface area contributed by atoms with Crippen LogP contribution < -0.4 is 10.0 Å². The van der Waals surface area contributed by atoms with Crippen molar-refractivity contribution in [2.45, 2.75) is 24.8 Å². The van der Waals surface area contributed by atoms with Gasteiger partial charge in [-0.1, -0.05) is 6.07 Å². The molecule has 0 radical (unpaired) electrons. The molecule has 1 aromatic carbocycles. The van der Waals surface area contributed by atoms with Gasteiger partial charge in [-0.15, -0.1) is 0 Å². The molecule has 0 saturated carbocycles. The summed E-state index contributed by atoms with van der Waals surface area (Å²) in [6.07, 6.45) is 0. The number of carboxylic acids is 1. The van der Waals surface area contributed by atoms with Crippen LogP contribution in [0.25, 0.3) is 0 Å². The third-order valence-electron chi connectivity index (χ3n) is 2.53. The molecule has 0 heterocycles. The maximum absolute atomic E-state index is 11.6. The minimum atomic E-state index is -3.53. The third kappa shape index (κ3) is 3.21. The topological polar surface area (TPSA) is 95.5 Å². The lowest BCUT2D eigenvalue weighted by atomic mass is 10.2. The molecule has 1 aromatic rings. The Kier molecular flexibility index (Phi) is 4.31. The van der Waals surface area contributed by atoms with Crippen LogP contribution in [0.2, 0.25) is 0 Å². The van der Waals surface area contributed by atoms with E-state index in [1.54, 1.807) is 13.0 Å². The van der Waals surface area contributed by atoms with Crippen molar-refractivity contribution in [3.63, 3.8) is 0 Å². The highest BCUT2D eigenvalue weighted by Gasteiger charge is 2.15. The quantitative estimate of drug-likeness (QED) is 0.736. The molecule has 0 spiro atoms. The van der Waals surface area contributed by atoms with Crippen LogP contribution in [0.1, 0.15) is 12.5 Å². The minimum absolute atomic E-state index is 0.0932. The molecule has 0 amide bonds. The van der Waals surface area contributed by atoms with Crippen LogP contribution in [0.4, 0.5) is 5.69 Å². The van der Waals surface area contributed by atoms with Gasteiger partial charge in [0.05, 0.1) is 4.90 Å². The van der Waals surface area contributed by atoms with E-state index in [1.807, 2.05) is 0 Å². The Balaban J connectivity index is 3.14. The first kappa shape index (κ1) is 14.5. The van der Waals surface area contributed by atoms with E-state index in [2.05, 4.69) is 10.0 Å². The van der Waals surface area contributed by atoms with E-state index in [0.717, 1.165) is 5.56 Å². The first-order valence-electron chi connectivity index (χ1n) is 5.31. The second kappa shape index (κ2) is 5.36. The van der Waals surface area contributed by atoms with Gasteiger partial charge in [0.2, 0.25) is 10.0 Å². The molecule has 0 saturated heterocycles. The fourth-order valence-electron chi connectivity index (χ4n) is 1.34. The first-order chi connectivity index (χ1) is 8.27. The fraction of sp³-hybridized carbons (Fsp3) is 0.364. The van der Waals surface area contributed by atoms with Gasteiger partial charge in [0.25, 0.3) is 0 Å². The molecule has 0 aliphatic carbocycles. The third-order valence-corrected chi connectivity index (χ3v) is 3.94. The standard InChI is InChI=1S/C11H16N2O4S/c1-7-4-5-9(18(16,17)12-3)6-10(7)13-8(2)11(14)15/h4-6,8,12-13H,1-3H3,(H,14,15). The lowest BCUT2D eigenvalue weighted by Gasteiger charge is -2.14. The van der Waals surface area contributed by atoms with Gasteiger partial charge in [0, 0.05) is 5.69 Å². The van der Waals surface area contributed by atoms with Crippen molar-refractivity contribution in [3.05, 3.63) is 23.8 Å². The van der Waals surface area contributed by atoms with Crippen LogP contribution in [0.3, 0.4) is 0 Å². The highest BCUT2D eigenvalue weighted by Crippen LogP contribution is 2.20. The number of aryl methyl sites for hydroxylation is 1. The van der Waals surface area contributed by atoms with E-state index in [0.29, 0.717) is 5.69 Å². The van der Waals surface area contributed by atoms with Crippen molar-refractivity contribution in [2.24, 2.45) is 0 Å². The van der Waals surface area contributed by atoms with Gasteiger partial charge < -0.3 is 10.4 Å². The predicted molar refractivity (Wildman–Crippen MR) is 68.1 cm³/mol. The maximum atomic E-state index is 11.6. The van der Waals surface area contributed by atoms with Crippen molar-refractivity contribution >= 4 is 21.7 Å². The molecule has 1 atom stereocenters. The van der Waals surface area contributed by atoms with E-state index in [-0.39, 0.29) is 4.90 Å². The molecule has 0 fully saturated rings. The minimum Gasteiger partial charge on any atom is -0.480 e. The number of carboxylic acid groups (broad SMARTS) is 1. The summed E-state index contributed by atoms with van der Waals surface area (Å²) in [5.41, 5.74) is 1.26. The van der Waals surface area contributed by atoms with E-state index < -0.39 is 22.0 Å². The summed E-state index contributed by atoms with van der Waals surface area (Å²) >= 11 is 0. The Hall–Kier alpha value is -1.60. The SMILES string of the molecule is CNS(=O)(=O)c1ccc(C)c(NC(C)C(=O)O)c1. The second-order valence-corrected chi connectivity index (χ2v) is 5.78. The smallest absolute Gasteiger partial charge is 0.325 e. The van der Waals surface area contributed by atoms with Crippen LogP contribution in [0, 0.1) is 6.92 Å². The van der Waals surface area contributed by atoms with Gasteiger partial charge in [0.15, 0.2) is 0 Å². The summed E-state index contributed by atoms with van der Waals surface area (Å²) in [4.78, 5) is 10.9. The average Bonchev–Trinajstić information content (AvgIpc) is 2.31. The highest BCUT2D eigenvalue weighted by molar-refractivity contribution is 7.89. The number of carbonyl (C=O) groups is 1. The van der Waals surface area contributed by atoms with Gasteiger partial charge >= 0.3 is 5.97 Å². The second-order valence-electron chi connectivity index (χ2n) is 3.89. The van der Waals surface area contributed by atoms with E-state index >= 15 is 0 Å². The van der Waals surface area contributed by atoms with Crippen LogP contribution in [-0.4, -0.2) is 32.6 Å². The van der Waals surface area contributed by atoms with Gasteiger partial charge in [-0.2, -0.15) is 0 Å². The van der Waals surface area contributed by atoms with Gasteiger partial charge in [-0.05, 0) is 38.6 Å². The lowest BCUT2D eigenvalue weighted by Crippen LogP contribution is -2.26. The van der Waals surface area contributed by atoms with Gasteiger partial charge in [-0.25, -0.2) is 13.1 Å². The van der Waals surface area contributed by atoms with Crippen LogP contribution >= 0.6 is 0 Å². The molecule has 0 aromatic heterocycles.